The van der Waals surface area contributed by atoms with Crippen molar-refractivity contribution in [2.75, 3.05) is 12.4 Å². The highest BCUT2D eigenvalue weighted by atomic mass is 16.5. The van der Waals surface area contributed by atoms with Crippen molar-refractivity contribution in [1.29, 1.82) is 5.26 Å². The number of ether oxygens (including phenoxy) is 1. The molecule has 2 rings (SSSR count). The lowest BCUT2D eigenvalue weighted by Gasteiger charge is -2.11. The second kappa shape index (κ2) is 7.74. The number of anilines is 1. The van der Waals surface area contributed by atoms with E-state index in [1.165, 1.54) is 19.4 Å². The van der Waals surface area contributed by atoms with Crippen molar-refractivity contribution in [3.8, 4) is 6.07 Å². The smallest absolute Gasteiger partial charge is 0.282 e. The van der Waals surface area contributed by atoms with Crippen molar-refractivity contribution in [1.82, 2.24) is 4.98 Å². The van der Waals surface area contributed by atoms with Crippen molar-refractivity contribution < 1.29 is 9.53 Å². The Morgan fingerprint density at radius 1 is 1.42 bits per heavy atom. The van der Waals surface area contributed by atoms with Crippen LogP contribution in [0, 0.1) is 11.3 Å². The first-order valence-corrected chi connectivity index (χ1v) is 7.18. The number of pyridine rings is 1. The zero-order valence-corrected chi connectivity index (χ0v) is 13.4. The van der Waals surface area contributed by atoms with Gasteiger partial charge in [0.25, 0.3) is 11.9 Å². The van der Waals surface area contributed by atoms with Gasteiger partial charge in [-0.1, -0.05) is 12.1 Å². The molecule has 0 saturated carbocycles. The second-order valence-electron chi connectivity index (χ2n) is 4.97. The summed E-state index contributed by atoms with van der Waals surface area (Å²) in [6, 6.07) is 12.1. The largest absolute Gasteiger partial charge is 0.469 e. The average molecular weight is 323 g/mol. The van der Waals surface area contributed by atoms with E-state index in [1.807, 2.05) is 25.1 Å². The molecule has 0 fully saturated rings. The molecule has 0 saturated heterocycles. The van der Waals surface area contributed by atoms with Crippen LogP contribution in [-0.4, -0.2) is 24.0 Å². The van der Waals surface area contributed by atoms with Gasteiger partial charge in [0.1, 0.15) is 11.8 Å². The molecule has 0 spiro atoms. The number of nitrogens with two attached hydrogens (primary N) is 1. The molecule has 3 N–H and O–H groups in total. The van der Waals surface area contributed by atoms with Gasteiger partial charge in [0.15, 0.2) is 0 Å². The number of hydrogen-bond donors (Lipinski definition) is 2. The summed E-state index contributed by atoms with van der Waals surface area (Å²) in [5, 5.41) is 11.5. The number of rotatable bonds is 4. The standard InChI is InChI=1S/C17H17N5O2/c1-11(21-17(19)24-2)13-4-3-5-14(8-13)22-16(23)15-7-6-12(9-18)10-20-15/h3-8,10-11H,1-2H3,(H2,19,21)(H,22,23). The molecule has 2 aromatic rings. The molecule has 122 valence electrons. The van der Waals surface area contributed by atoms with Gasteiger partial charge in [0, 0.05) is 11.9 Å². The van der Waals surface area contributed by atoms with Gasteiger partial charge in [0.2, 0.25) is 0 Å². The number of benzene rings is 1. The predicted octanol–water partition coefficient (Wildman–Crippen LogP) is 2.23. The maximum absolute atomic E-state index is 12.2. The number of methoxy groups -OCH3 is 1. The number of aromatic nitrogens is 1. The summed E-state index contributed by atoms with van der Waals surface area (Å²) in [6.07, 6.45) is 1.36. The van der Waals surface area contributed by atoms with Crippen LogP contribution in [0.25, 0.3) is 0 Å². The van der Waals surface area contributed by atoms with Crippen LogP contribution in [0.2, 0.25) is 0 Å². The average Bonchev–Trinajstić information content (AvgIpc) is 2.61. The van der Waals surface area contributed by atoms with Crippen molar-refractivity contribution in [3.05, 3.63) is 59.4 Å². The van der Waals surface area contributed by atoms with E-state index in [9.17, 15) is 4.79 Å². The number of aliphatic imine (C=N–C) groups is 1. The van der Waals surface area contributed by atoms with Crippen molar-refractivity contribution in [2.45, 2.75) is 13.0 Å². The van der Waals surface area contributed by atoms with E-state index < -0.39 is 0 Å². The normalized spacial score (nSPS) is 12.1. The minimum absolute atomic E-state index is 0.0960. The molecule has 0 bridgehead atoms. The maximum atomic E-state index is 12.2. The van der Waals surface area contributed by atoms with Crippen LogP contribution >= 0.6 is 0 Å². The molecule has 7 heteroatoms. The topological polar surface area (TPSA) is 113 Å². The van der Waals surface area contributed by atoms with Crippen LogP contribution in [0.1, 0.15) is 34.6 Å². The first-order chi connectivity index (χ1) is 11.5. The highest BCUT2D eigenvalue weighted by molar-refractivity contribution is 6.02. The Morgan fingerprint density at radius 2 is 2.21 bits per heavy atom. The van der Waals surface area contributed by atoms with E-state index in [1.54, 1.807) is 18.2 Å². The van der Waals surface area contributed by atoms with Crippen LogP contribution in [0.3, 0.4) is 0 Å². The van der Waals surface area contributed by atoms with E-state index >= 15 is 0 Å². The maximum Gasteiger partial charge on any atom is 0.282 e. The molecule has 1 unspecified atom stereocenters. The van der Waals surface area contributed by atoms with Crippen LogP contribution < -0.4 is 11.1 Å². The Balaban J connectivity index is 2.14. The van der Waals surface area contributed by atoms with E-state index in [-0.39, 0.29) is 23.7 Å². The quantitative estimate of drug-likeness (QED) is 0.661. The van der Waals surface area contributed by atoms with Crippen LogP contribution in [0.15, 0.2) is 47.6 Å². The summed E-state index contributed by atoms with van der Waals surface area (Å²) in [5.74, 6) is -0.357. The monoisotopic (exact) mass is 323 g/mol. The van der Waals surface area contributed by atoms with E-state index in [4.69, 9.17) is 15.7 Å². The molecule has 1 aromatic heterocycles. The van der Waals surface area contributed by atoms with Gasteiger partial charge in [-0.15, -0.1) is 0 Å². The molecule has 1 heterocycles. The number of nitriles is 1. The van der Waals surface area contributed by atoms with Crippen molar-refractivity contribution >= 4 is 17.6 Å². The fourth-order valence-electron chi connectivity index (χ4n) is 1.98. The lowest BCUT2D eigenvalue weighted by atomic mass is 10.1. The van der Waals surface area contributed by atoms with E-state index in [0.717, 1.165) is 5.56 Å². The van der Waals surface area contributed by atoms with Crippen LogP contribution in [0.5, 0.6) is 0 Å². The number of nitrogens with one attached hydrogen (secondary N) is 1. The molecule has 24 heavy (non-hydrogen) atoms. The van der Waals surface area contributed by atoms with Crippen LogP contribution in [0.4, 0.5) is 5.69 Å². The minimum Gasteiger partial charge on any atom is -0.469 e. The highest BCUT2D eigenvalue weighted by Gasteiger charge is 2.10. The van der Waals surface area contributed by atoms with Gasteiger partial charge in [-0.3, -0.25) is 4.79 Å². The highest BCUT2D eigenvalue weighted by Crippen LogP contribution is 2.20. The summed E-state index contributed by atoms with van der Waals surface area (Å²) in [7, 11) is 1.45. The molecule has 0 aliphatic carbocycles. The van der Waals surface area contributed by atoms with Gasteiger partial charge < -0.3 is 15.8 Å². The van der Waals surface area contributed by atoms with Gasteiger partial charge in [-0.2, -0.15) is 5.26 Å². The molecular weight excluding hydrogens is 306 g/mol. The summed E-state index contributed by atoms with van der Waals surface area (Å²) in [5.41, 5.74) is 7.67. The summed E-state index contributed by atoms with van der Waals surface area (Å²) < 4.78 is 4.84. The SMILES string of the molecule is CO/C(N)=N/C(C)c1cccc(NC(=O)c2ccc(C#N)cn2)c1. The zero-order valence-electron chi connectivity index (χ0n) is 13.4. The lowest BCUT2D eigenvalue weighted by molar-refractivity contribution is 0.102. The number of carbonyl (C=O) groups excluding carboxylic acids is 1. The van der Waals surface area contributed by atoms with Crippen molar-refractivity contribution in [2.24, 2.45) is 10.7 Å². The van der Waals surface area contributed by atoms with E-state index in [0.29, 0.717) is 11.3 Å². The Hall–Kier alpha value is -3.40. The molecule has 7 nitrogen and oxygen atoms in total. The second-order valence-corrected chi connectivity index (χ2v) is 4.97. The fraction of sp³-hybridized carbons (Fsp3) is 0.176. The fourth-order valence-corrected chi connectivity index (χ4v) is 1.98. The van der Waals surface area contributed by atoms with Crippen molar-refractivity contribution in [3.63, 3.8) is 0 Å². The number of hydrogen-bond acceptors (Lipinski definition) is 5. The van der Waals surface area contributed by atoms with E-state index in [2.05, 4.69) is 15.3 Å². The summed E-state index contributed by atoms with van der Waals surface area (Å²) >= 11 is 0. The number of carbonyl (C=O) groups is 1. The Bertz CT molecular complexity index is 793. The van der Waals surface area contributed by atoms with Gasteiger partial charge >= 0.3 is 0 Å². The number of amides is 1. The number of nitrogens with zero attached hydrogens (tertiary/aromatic N) is 3. The molecule has 0 aliphatic heterocycles. The third kappa shape index (κ3) is 4.30. The summed E-state index contributed by atoms with van der Waals surface area (Å²) in [4.78, 5) is 20.3. The summed E-state index contributed by atoms with van der Waals surface area (Å²) in [6.45, 7) is 1.87. The first-order valence-electron chi connectivity index (χ1n) is 7.18. The lowest BCUT2D eigenvalue weighted by Crippen LogP contribution is -2.15. The Labute approximate surface area is 139 Å². The first kappa shape index (κ1) is 17.0. The van der Waals surface area contributed by atoms with Gasteiger partial charge in [-0.05, 0) is 36.8 Å². The molecular formula is C17H17N5O2. The molecule has 1 aromatic carbocycles. The predicted molar refractivity (Wildman–Crippen MR) is 90.4 cm³/mol. The molecule has 0 radical (unpaired) electrons. The number of amidine groups is 1. The van der Waals surface area contributed by atoms with Crippen LogP contribution in [-0.2, 0) is 4.74 Å². The molecule has 1 atom stereocenters. The third-order valence-corrected chi connectivity index (χ3v) is 3.28. The Morgan fingerprint density at radius 3 is 2.83 bits per heavy atom. The third-order valence-electron chi connectivity index (χ3n) is 3.28. The minimum atomic E-state index is -0.357. The van der Waals surface area contributed by atoms with Gasteiger partial charge in [0.05, 0.1) is 18.7 Å². The molecule has 1 amide bonds. The zero-order chi connectivity index (χ0) is 17.5. The Kier molecular flexibility index (Phi) is 5.47. The van der Waals surface area contributed by atoms with Gasteiger partial charge in [-0.25, -0.2) is 9.98 Å². The molecule has 0 aliphatic rings.